The highest BCUT2D eigenvalue weighted by molar-refractivity contribution is 5.96. The van der Waals surface area contributed by atoms with Crippen molar-refractivity contribution >= 4 is 17.5 Å². The van der Waals surface area contributed by atoms with E-state index in [0.717, 1.165) is 16.8 Å². The second-order valence-electron chi connectivity index (χ2n) is 9.16. The number of methoxy groups -OCH3 is 1. The zero-order chi connectivity index (χ0) is 25.7. The Morgan fingerprint density at radius 3 is 2.81 bits per heavy atom. The van der Waals surface area contributed by atoms with Gasteiger partial charge in [0.05, 0.1) is 18.8 Å². The molecule has 2 heterocycles. The van der Waals surface area contributed by atoms with Crippen molar-refractivity contribution in [2.75, 3.05) is 38.8 Å². The molecule has 0 aromatic heterocycles. The van der Waals surface area contributed by atoms with Crippen molar-refractivity contribution in [1.82, 2.24) is 10.6 Å². The number of aryl methyl sites for hydroxylation is 1. The monoisotopic (exact) mass is 494 g/mol. The number of benzene rings is 2. The maximum absolute atomic E-state index is 15.0. The Morgan fingerprint density at radius 2 is 2.06 bits per heavy atom. The van der Waals surface area contributed by atoms with Crippen LogP contribution in [0.2, 0.25) is 0 Å². The summed E-state index contributed by atoms with van der Waals surface area (Å²) in [5.41, 5.74) is 3.83. The number of carbonyl (C=O) groups excluding carboxylic acids is 2. The number of carbonyl (C=O) groups is 2. The van der Waals surface area contributed by atoms with Crippen LogP contribution in [0.1, 0.15) is 24.0 Å². The van der Waals surface area contributed by atoms with E-state index in [1.165, 1.54) is 6.07 Å². The van der Waals surface area contributed by atoms with E-state index < -0.39 is 23.9 Å². The molecule has 1 fully saturated rings. The van der Waals surface area contributed by atoms with Gasteiger partial charge in [0.15, 0.2) is 0 Å². The Balaban J connectivity index is 1.40. The number of anilines is 1. The average molecular weight is 495 g/mol. The minimum atomic E-state index is -0.893. The summed E-state index contributed by atoms with van der Waals surface area (Å²) in [7, 11) is 3.39. The van der Waals surface area contributed by atoms with E-state index in [1.807, 2.05) is 24.3 Å². The standard InChI is InChI=1S/C27H31FN4O4/c1-32-24-7-5-17(11-20(24)6-8-26(32)33)18-3-4-19(23(28)13-18)12-21(14-29)31-27(34)25-16-30-15-22(35-2)9-10-36-25/h3-5,7,11,13,21-22,25,30H,6,8-10,12,15-16H2,1-2H3,(H,31,34). The summed E-state index contributed by atoms with van der Waals surface area (Å²) in [6, 6.07) is 11.8. The number of hydrogen-bond acceptors (Lipinski definition) is 6. The van der Waals surface area contributed by atoms with Crippen LogP contribution in [-0.2, 0) is 31.9 Å². The van der Waals surface area contributed by atoms with E-state index in [1.54, 1.807) is 25.1 Å². The Morgan fingerprint density at radius 1 is 1.28 bits per heavy atom. The number of fused-ring (bicyclic) bond motifs is 1. The van der Waals surface area contributed by atoms with Crippen molar-refractivity contribution in [3.8, 4) is 17.2 Å². The molecule has 2 aromatic rings. The molecular weight excluding hydrogens is 463 g/mol. The van der Waals surface area contributed by atoms with Crippen LogP contribution in [0.5, 0.6) is 0 Å². The molecule has 0 spiro atoms. The van der Waals surface area contributed by atoms with Gasteiger partial charge in [-0.25, -0.2) is 4.39 Å². The molecule has 9 heteroatoms. The van der Waals surface area contributed by atoms with Gasteiger partial charge in [0.2, 0.25) is 5.91 Å². The fourth-order valence-electron chi connectivity index (χ4n) is 4.59. The van der Waals surface area contributed by atoms with E-state index in [9.17, 15) is 14.9 Å². The third-order valence-electron chi connectivity index (χ3n) is 6.79. The van der Waals surface area contributed by atoms with E-state index in [4.69, 9.17) is 9.47 Å². The summed E-state index contributed by atoms with van der Waals surface area (Å²) >= 11 is 0. The van der Waals surface area contributed by atoms with Gasteiger partial charge in [0, 0.05) is 45.8 Å². The molecule has 2 aromatic carbocycles. The lowest BCUT2D eigenvalue weighted by atomic mass is 9.95. The fourth-order valence-corrected chi connectivity index (χ4v) is 4.59. The largest absolute Gasteiger partial charge is 0.380 e. The second-order valence-corrected chi connectivity index (χ2v) is 9.16. The van der Waals surface area contributed by atoms with Gasteiger partial charge < -0.3 is 25.0 Å². The molecule has 36 heavy (non-hydrogen) atoms. The Labute approximate surface area is 210 Å². The molecule has 3 atom stereocenters. The summed E-state index contributed by atoms with van der Waals surface area (Å²) in [5.74, 6) is -0.761. The smallest absolute Gasteiger partial charge is 0.251 e. The van der Waals surface area contributed by atoms with Gasteiger partial charge in [0.1, 0.15) is 18.0 Å². The molecule has 0 saturated carbocycles. The average Bonchev–Trinajstić information content (AvgIpc) is 2.86. The van der Waals surface area contributed by atoms with Gasteiger partial charge in [-0.15, -0.1) is 0 Å². The van der Waals surface area contributed by atoms with Crippen LogP contribution in [-0.4, -0.2) is 63.9 Å². The summed E-state index contributed by atoms with van der Waals surface area (Å²) in [6.45, 7) is 1.29. The lowest BCUT2D eigenvalue weighted by Crippen LogP contribution is -2.49. The number of nitrogens with one attached hydrogen (secondary N) is 2. The number of ether oxygens (including phenoxy) is 2. The summed E-state index contributed by atoms with van der Waals surface area (Å²) in [5, 5.41) is 15.4. The van der Waals surface area contributed by atoms with Gasteiger partial charge >= 0.3 is 0 Å². The molecule has 2 amide bonds. The molecule has 2 aliphatic heterocycles. The quantitative estimate of drug-likeness (QED) is 0.639. The predicted octanol–water partition coefficient (Wildman–Crippen LogP) is 2.35. The molecule has 2 aliphatic rings. The van der Waals surface area contributed by atoms with Crippen LogP contribution in [0.15, 0.2) is 36.4 Å². The summed E-state index contributed by atoms with van der Waals surface area (Å²) in [6.07, 6.45) is 1.10. The first-order valence-corrected chi connectivity index (χ1v) is 12.1. The van der Waals surface area contributed by atoms with Crippen molar-refractivity contribution in [2.45, 2.75) is 43.9 Å². The molecule has 0 bridgehead atoms. The number of halogens is 1. The topological polar surface area (TPSA) is 104 Å². The summed E-state index contributed by atoms with van der Waals surface area (Å²) < 4.78 is 26.0. The van der Waals surface area contributed by atoms with Crippen LogP contribution < -0.4 is 15.5 Å². The van der Waals surface area contributed by atoms with E-state index >= 15 is 4.39 Å². The minimum absolute atomic E-state index is 0.0265. The van der Waals surface area contributed by atoms with Crippen molar-refractivity contribution in [3.63, 3.8) is 0 Å². The first-order valence-electron chi connectivity index (χ1n) is 12.1. The zero-order valence-corrected chi connectivity index (χ0v) is 20.6. The fraction of sp³-hybridized carbons (Fsp3) is 0.444. The minimum Gasteiger partial charge on any atom is -0.380 e. The van der Waals surface area contributed by atoms with Gasteiger partial charge in [-0.1, -0.05) is 18.2 Å². The summed E-state index contributed by atoms with van der Waals surface area (Å²) in [4.78, 5) is 26.3. The van der Waals surface area contributed by atoms with Crippen molar-refractivity contribution in [1.29, 1.82) is 5.26 Å². The zero-order valence-electron chi connectivity index (χ0n) is 20.6. The maximum Gasteiger partial charge on any atom is 0.251 e. The normalized spacial score (nSPS) is 21.1. The van der Waals surface area contributed by atoms with Gasteiger partial charge in [-0.05, 0) is 53.3 Å². The first-order chi connectivity index (χ1) is 17.4. The van der Waals surface area contributed by atoms with Crippen LogP contribution in [0.25, 0.3) is 11.1 Å². The highest BCUT2D eigenvalue weighted by Gasteiger charge is 2.25. The molecule has 3 unspecified atom stereocenters. The maximum atomic E-state index is 15.0. The molecule has 2 N–H and O–H groups in total. The lowest BCUT2D eigenvalue weighted by Gasteiger charge is -2.26. The number of nitriles is 1. The molecule has 4 rings (SSSR count). The third-order valence-corrected chi connectivity index (χ3v) is 6.79. The van der Waals surface area contributed by atoms with Gasteiger partial charge in [0.25, 0.3) is 5.91 Å². The van der Waals surface area contributed by atoms with E-state index in [0.29, 0.717) is 50.1 Å². The highest BCUT2D eigenvalue weighted by Crippen LogP contribution is 2.32. The van der Waals surface area contributed by atoms with Crippen LogP contribution in [0.4, 0.5) is 10.1 Å². The van der Waals surface area contributed by atoms with Gasteiger partial charge in [-0.3, -0.25) is 9.59 Å². The van der Waals surface area contributed by atoms with E-state index in [2.05, 4.69) is 16.7 Å². The predicted molar refractivity (Wildman–Crippen MR) is 133 cm³/mol. The first kappa shape index (κ1) is 25.8. The number of nitrogens with zero attached hydrogens (tertiary/aromatic N) is 2. The molecule has 1 saturated heterocycles. The number of rotatable bonds is 6. The highest BCUT2D eigenvalue weighted by atomic mass is 19.1. The number of amides is 2. The Bertz CT molecular complexity index is 1150. The molecule has 190 valence electrons. The Hall–Kier alpha value is -3.32. The molecule has 0 aliphatic carbocycles. The van der Waals surface area contributed by atoms with Crippen LogP contribution in [0, 0.1) is 17.1 Å². The van der Waals surface area contributed by atoms with Crippen molar-refractivity contribution in [2.24, 2.45) is 0 Å². The van der Waals surface area contributed by atoms with Crippen molar-refractivity contribution in [3.05, 3.63) is 53.3 Å². The molecule has 8 nitrogen and oxygen atoms in total. The van der Waals surface area contributed by atoms with Crippen molar-refractivity contribution < 1.29 is 23.5 Å². The van der Waals surface area contributed by atoms with Crippen LogP contribution in [0.3, 0.4) is 0 Å². The lowest BCUT2D eigenvalue weighted by molar-refractivity contribution is -0.134. The van der Waals surface area contributed by atoms with Gasteiger partial charge in [-0.2, -0.15) is 5.26 Å². The number of hydrogen-bond donors (Lipinski definition) is 2. The van der Waals surface area contributed by atoms with Crippen LogP contribution >= 0.6 is 0 Å². The Kier molecular flexibility index (Phi) is 8.31. The molecular formula is C27H31FN4O4. The third kappa shape index (κ3) is 5.90. The van der Waals surface area contributed by atoms with E-state index in [-0.39, 0.29) is 18.4 Å². The second kappa shape index (κ2) is 11.6. The SMILES string of the molecule is COC1CCOC(C(=O)NC(C#N)Cc2ccc(-c3ccc4c(c3)CCC(=O)N4C)cc2F)CNC1. The molecule has 0 radical (unpaired) electrons.